The average Bonchev–Trinajstić information content (AvgIpc) is 2.10. The van der Waals surface area contributed by atoms with Crippen LogP contribution in [-0.4, -0.2) is 10.9 Å². The highest BCUT2D eigenvalue weighted by molar-refractivity contribution is 14.1. The maximum absolute atomic E-state index is 10.6. The molecule has 0 saturated carbocycles. The Kier molecular flexibility index (Phi) is 1.98. The van der Waals surface area contributed by atoms with Gasteiger partial charge >= 0.3 is 0 Å². The normalized spacial score (nSPS) is 9.80. The van der Waals surface area contributed by atoms with Crippen molar-refractivity contribution in [3.05, 3.63) is 21.0 Å². The van der Waals surface area contributed by atoms with E-state index in [0.29, 0.717) is 5.56 Å². The Labute approximate surface area is 72.1 Å². The number of H-pyrrole nitrogens is 1. The SMILES string of the molecule is Cc1[nH]c(I)cc1C(N)=O. The molecule has 0 aliphatic carbocycles. The molecule has 0 saturated heterocycles. The fraction of sp³-hybridized carbons (Fsp3) is 0.167. The Morgan fingerprint density at radius 1 is 1.80 bits per heavy atom. The van der Waals surface area contributed by atoms with Gasteiger partial charge in [0.1, 0.15) is 0 Å². The van der Waals surface area contributed by atoms with E-state index in [-0.39, 0.29) is 5.91 Å². The Hall–Kier alpha value is -0.520. The standard InChI is InChI=1S/C6H7IN2O/c1-3-4(6(8)10)2-5(7)9-3/h2,9H,1H3,(H2,8,10). The molecule has 1 amide bonds. The van der Waals surface area contributed by atoms with Gasteiger partial charge in [-0.25, -0.2) is 0 Å². The van der Waals surface area contributed by atoms with Gasteiger partial charge in [0, 0.05) is 5.69 Å². The molecule has 0 aromatic carbocycles. The number of nitrogens with one attached hydrogen (secondary N) is 1. The maximum Gasteiger partial charge on any atom is 0.250 e. The summed E-state index contributed by atoms with van der Waals surface area (Å²) in [7, 11) is 0. The Morgan fingerprint density at radius 2 is 2.40 bits per heavy atom. The first-order valence-corrected chi connectivity index (χ1v) is 3.84. The van der Waals surface area contributed by atoms with Gasteiger partial charge in [-0.1, -0.05) is 0 Å². The van der Waals surface area contributed by atoms with Gasteiger partial charge in [0.2, 0.25) is 0 Å². The number of amides is 1. The van der Waals surface area contributed by atoms with Gasteiger partial charge in [-0.15, -0.1) is 0 Å². The third-order valence-electron chi connectivity index (χ3n) is 1.25. The van der Waals surface area contributed by atoms with Crippen LogP contribution in [0.5, 0.6) is 0 Å². The zero-order valence-electron chi connectivity index (χ0n) is 5.44. The predicted molar refractivity (Wildman–Crippen MR) is 46.8 cm³/mol. The van der Waals surface area contributed by atoms with Gasteiger partial charge in [-0.2, -0.15) is 0 Å². The largest absolute Gasteiger partial charge is 0.366 e. The van der Waals surface area contributed by atoms with Gasteiger partial charge in [0.15, 0.2) is 0 Å². The van der Waals surface area contributed by atoms with Crippen LogP contribution in [0.25, 0.3) is 0 Å². The van der Waals surface area contributed by atoms with Crippen molar-refractivity contribution in [3.63, 3.8) is 0 Å². The molecule has 1 aromatic rings. The molecule has 3 nitrogen and oxygen atoms in total. The summed E-state index contributed by atoms with van der Waals surface area (Å²) in [4.78, 5) is 13.6. The molecule has 1 heterocycles. The number of aromatic nitrogens is 1. The number of aryl methyl sites for hydroxylation is 1. The Bertz CT molecular complexity index is 267. The summed E-state index contributed by atoms with van der Waals surface area (Å²) in [6.45, 7) is 1.82. The van der Waals surface area contributed by atoms with E-state index in [9.17, 15) is 4.79 Å². The molecule has 0 fully saturated rings. The van der Waals surface area contributed by atoms with Crippen LogP contribution in [0.4, 0.5) is 0 Å². The monoisotopic (exact) mass is 250 g/mol. The smallest absolute Gasteiger partial charge is 0.250 e. The number of aromatic amines is 1. The number of hydrogen-bond donors (Lipinski definition) is 2. The lowest BCUT2D eigenvalue weighted by atomic mass is 10.2. The zero-order valence-corrected chi connectivity index (χ0v) is 7.60. The maximum atomic E-state index is 10.6. The molecule has 3 N–H and O–H groups in total. The molecule has 0 atom stereocenters. The van der Waals surface area contributed by atoms with Gasteiger partial charge in [-0.05, 0) is 35.6 Å². The first-order chi connectivity index (χ1) is 4.61. The summed E-state index contributed by atoms with van der Waals surface area (Å²) < 4.78 is 0.934. The fourth-order valence-corrected chi connectivity index (χ4v) is 1.49. The van der Waals surface area contributed by atoms with E-state index in [0.717, 1.165) is 9.39 Å². The molecule has 4 heteroatoms. The molecule has 0 radical (unpaired) electrons. The second-order valence-corrected chi connectivity index (χ2v) is 3.18. The van der Waals surface area contributed by atoms with Crippen molar-refractivity contribution in [2.45, 2.75) is 6.92 Å². The minimum Gasteiger partial charge on any atom is -0.366 e. The van der Waals surface area contributed by atoms with Crippen LogP contribution in [0.3, 0.4) is 0 Å². The molecular formula is C6H7IN2O. The topological polar surface area (TPSA) is 58.9 Å². The van der Waals surface area contributed by atoms with E-state index in [1.807, 2.05) is 6.92 Å². The van der Waals surface area contributed by atoms with E-state index in [1.165, 1.54) is 0 Å². The van der Waals surface area contributed by atoms with Crippen molar-refractivity contribution in [1.82, 2.24) is 4.98 Å². The molecule has 0 aliphatic rings. The highest BCUT2D eigenvalue weighted by atomic mass is 127. The molecule has 0 aliphatic heterocycles. The van der Waals surface area contributed by atoms with E-state index < -0.39 is 0 Å². The van der Waals surface area contributed by atoms with Gasteiger partial charge in [0.25, 0.3) is 5.91 Å². The average molecular weight is 250 g/mol. The van der Waals surface area contributed by atoms with Crippen molar-refractivity contribution in [3.8, 4) is 0 Å². The number of rotatable bonds is 1. The van der Waals surface area contributed by atoms with Crippen LogP contribution < -0.4 is 5.73 Å². The lowest BCUT2D eigenvalue weighted by molar-refractivity contribution is 0.1000. The molecule has 0 bridgehead atoms. The number of primary amides is 1. The second-order valence-electron chi connectivity index (χ2n) is 2.02. The number of halogens is 1. The van der Waals surface area contributed by atoms with Gasteiger partial charge < -0.3 is 10.7 Å². The van der Waals surface area contributed by atoms with Crippen LogP contribution >= 0.6 is 22.6 Å². The van der Waals surface area contributed by atoms with E-state index in [1.54, 1.807) is 6.07 Å². The van der Waals surface area contributed by atoms with Gasteiger partial charge in [0.05, 0.1) is 9.26 Å². The molecule has 0 unspecified atom stereocenters. The van der Waals surface area contributed by atoms with Crippen LogP contribution in [0, 0.1) is 10.6 Å². The summed E-state index contributed by atoms with van der Waals surface area (Å²) in [5.74, 6) is -0.378. The van der Waals surface area contributed by atoms with Crippen LogP contribution in [-0.2, 0) is 0 Å². The number of carbonyl (C=O) groups excluding carboxylic acids is 1. The van der Waals surface area contributed by atoms with Crippen molar-refractivity contribution in [2.75, 3.05) is 0 Å². The highest BCUT2D eigenvalue weighted by Gasteiger charge is 2.06. The van der Waals surface area contributed by atoms with Crippen LogP contribution in [0.2, 0.25) is 0 Å². The van der Waals surface area contributed by atoms with E-state index in [2.05, 4.69) is 27.6 Å². The quantitative estimate of drug-likeness (QED) is 0.718. The Balaban J connectivity index is 3.15. The van der Waals surface area contributed by atoms with Crippen molar-refractivity contribution in [1.29, 1.82) is 0 Å². The first kappa shape index (κ1) is 7.59. The minimum atomic E-state index is -0.378. The molecule has 54 valence electrons. The minimum absolute atomic E-state index is 0.378. The fourth-order valence-electron chi connectivity index (χ4n) is 0.773. The number of hydrogen-bond acceptors (Lipinski definition) is 1. The summed E-state index contributed by atoms with van der Waals surface area (Å²) in [6, 6.07) is 1.73. The third kappa shape index (κ3) is 1.31. The molecular weight excluding hydrogens is 243 g/mol. The van der Waals surface area contributed by atoms with Gasteiger partial charge in [-0.3, -0.25) is 4.79 Å². The van der Waals surface area contributed by atoms with Crippen LogP contribution in [0.15, 0.2) is 6.07 Å². The van der Waals surface area contributed by atoms with Crippen LogP contribution in [0.1, 0.15) is 16.1 Å². The molecule has 1 rings (SSSR count). The molecule has 1 aromatic heterocycles. The predicted octanol–water partition coefficient (Wildman–Crippen LogP) is 1.03. The van der Waals surface area contributed by atoms with Crippen molar-refractivity contribution >= 4 is 28.5 Å². The summed E-state index contributed by atoms with van der Waals surface area (Å²) >= 11 is 2.10. The molecule has 10 heavy (non-hydrogen) atoms. The lowest BCUT2D eigenvalue weighted by Crippen LogP contribution is -2.10. The first-order valence-electron chi connectivity index (χ1n) is 2.76. The Morgan fingerprint density at radius 3 is 2.60 bits per heavy atom. The number of carbonyl (C=O) groups is 1. The second kappa shape index (κ2) is 2.61. The van der Waals surface area contributed by atoms with E-state index in [4.69, 9.17) is 5.73 Å². The lowest BCUT2D eigenvalue weighted by Gasteiger charge is -1.88. The zero-order chi connectivity index (χ0) is 7.72. The summed E-state index contributed by atoms with van der Waals surface area (Å²) in [5.41, 5.74) is 6.47. The van der Waals surface area contributed by atoms with Crippen molar-refractivity contribution in [2.24, 2.45) is 5.73 Å². The molecule has 0 spiro atoms. The third-order valence-corrected chi connectivity index (χ3v) is 1.83. The number of nitrogens with two attached hydrogens (primary N) is 1. The van der Waals surface area contributed by atoms with Crippen molar-refractivity contribution < 1.29 is 4.79 Å². The highest BCUT2D eigenvalue weighted by Crippen LogP contribution is 2.10. The summed E-state index contributed by atoms with van der Waals surface area (Å²) in [6.07, 6.45) is 0. The summed E-state index contributed by atoms with van der Waals surface area (Å²) in [5, 5.41) is 0. The van der Waals surface area contributed by atoms with E-state index >= 15 is 0 Å².